The van der Waals surface area contributed by atoms with Crippen LogP contribution in [0.2, 0.25) is 0 Å². The zero-order valence-electron chi connectivity index (χ0n) is 11.1. The summed E-state index contributed by atoms with van der Waals surface area (Å²) in [6.07, 6.45) is 0. The minimum Gasteiger partial charge on any atom is -0.342 e. The third kappa shape index (κ3) is 4.29. The van der Waals surface area contributed by atoms with Crippen LogP contribution in [0.4, 0.5) is 0 Å². The van der Waals surface area contributed by atoms with E-state index in [4.69, 9.17) is 0 Å². The van der Waals surface area contributed by atoms with Crippen LogP contribution in [0.15, 0.2) is 14.3 Å². The van der Waals surface area contributed by atoms with Crippen LogP contribution in [0.5, 0.6) is 0 Å². The summed E-state index contributed by atoms with van der Waals surface area (Å²) in [6, 6.07) is 1.76. The molecular weight excluding hydrogens is 396 g/mol. The van der Waals surface area contributed by atoms with E-state index in [1.165, 1.54) is 16.2 Å². The first-order chi connectivity index (χ1) is 8.90. The molecule has 0 bridgehead atoms. The lowest BCUT2D eigenvalue weighted by Crippen LogP contribution is -2.40. The Bertz CT molecular complexity index is 453. The lowest BCUT2D eigenvalue weighted by Gasteiger charge is -2.22. The number of thiophene rings is 1. The van der Waals surface area contributed by atoms with E-state index in [1.807, 2.05) is 13.8 Å². The minimum absolute atomic E-state index is 0.0319. The maximum Gasteiger partial charge on any atom is 0.264 e. The number of carbonyl (C=O) groups is 2. The Kier molecular flexibility index (Phi) is 6.49. The first-order valence-corrected chi connectivity index (χ1v) is 8.29. The molecule has 0 aliphatic carbocycles. The molecular formula is C12H16Br2N2O2S. The second-order valence-corrected chi connectivity index (χ2v) is 7.18. The van der Waals surface area contributed by atoms with Gasteiger partial charge >= 0.3 is 0 Å². The summed E-state index contributed by atoms with van der Waals surface area (Å²) in [5.74, 6) is -0.174. The number of hydrogen-bond donors (Lipinski definition) is 0. The molecule has 0 saturated heterocycles. The molecule has 0 spiro atoms. The van der Waals surface area contributed by atoms with Crippen molar-refractivity contribution in [2.45, 2.75) is 13.8 Å². The van der Waals surface area contributed by atoms with Crippen molar-refractivity contribution in [1.29, 1.82) is 0 Å². The average molecular weight is 412 g/mol. The molecule has 106 valence electrons. The number of amides is 2. The topological polar surface area (TPSA) is 40.6 Å². The fourth-order valence-electron chi connectivity index (χ4n) is 1.59. The Hall–Kier alpha value is -0.400. The zero-order valence-corrected chi connectivity index (χ0v) is 15.1. The van der Waals surface area contributed by atoms with Crippen molar-refractivity contribution in [3.8, 4) is 0 Å². The Morgan fingerprint density at radius 2 is 1.84 bits per heavy atom. The van der Waals surface area contributed by atoms with Gasteiger partial charge in [-0.15, -0.1) is 11.3 Å². The molecule has 19 heavy (non-hydrogen) atoms. The first-order valence-electron chi connectivity index (χ1n) is 5.88. The largest absolute Gasteiger partial charge is 0.342 e. The molecule has 0 aromatic carbocycles. The molecule has 0 N–H and O–H groups in total. The molecule has 1 aromatic heterocycles. The van der Waals surface area contributed by atoms with E-state index in [9.17, 15) is 9.59 Å². The van der Waals surface area contributed by atoms with Crippen LogP contribution in [0.25, 0.3) is 0 Å². The van der Waals surface area contributed by atoms with E-state index < -0.39 is 0 Å². The van der Waals surface area contributed by atoms with Crippen LogP contribution < -0.4 is 0 Å². The van der Waals surface area contributed by atoms with Crippen LogP contribution in [-0.2, 0) is 4.79 Å². The Morgan fingerprint density at radius 1 is 1.26 bits per heavy atom. The van der Waals surface area contributed by atoms with Crippen LogP contribution in [0.3, 0.4) is 0 Å². The predicted molar refractivity (Wildman–Crippen MR) is 84.6 cm³/mol. The van der Waals surface area contributed by atoms with Gasteiger partial charge in [0.2, 0.25) is 5.91 Å². The van der Waals surface area contributed by atoms with Gasteiger partial charge in [-0.1, -0.05) is 0 Å². The summed E-state index contributed by atoms with van der Waals surface area (Å²) in [4.78, 5) is 27.9. The zero-order chi connectivity index (χ0) is 14.6. The van der Waals surface area contributed by atoms with Gasteiger partial charge in [-0.05, 0) is 51.8 Å². The lowest BCUT2D eigenvalue weighted by molar-refractivity contribution is -0.131. The summed E-state index contributed by atoms with van der Waals surface area (Å²) < 4.78 is 1.73. The SMILES string of the molecule is CCN(CC)C(=O)CN(C)C(=O)c1cc(Br)c(Br)s1. The van der Waals surface area contributed by atoms with Crippen LogP contribution in [-0.4, -0.2) is 48.3 Å². The van der Waals surface area contributed by atoms with Gasteiger partial charge in [0.05, 0.1) is 15.2 Å². The van der Waals surface area contributed by atoms with Crippen molar-refractivity contribution in [2.75, 3.05) is 26.7 Å². The molecule has 0 fully saturated rings. The highest BCUT2D eigenvalue weighted by molar-refractivity contribution is 9.13. The number of likely N-dealkylation sites (N-methyl/N-ethyl adjacent to an activating group) is 2. The fourth-order valence-corrected chi connectivity index (χ4v) is 3.62. The molecule has 1 rings (SSSR count). The smallest absolute Gasteiger partial charge is 0.264 e. The van der Waals surface area contributed by atoms with Crippen molar-refractivity contribution in [2.24, 2.45) is 0 Å². The highest BCUT2D eigenvalue weighted by Crippen LogP contribution is 2.32. The van der Waals surface area contributed by atoms with Gasteiger partial charge in [0.15, 0.2) is 0 Å². The van der Waals surface area contributed by atoms with E-state index in [0.717, 1.165) is 8.26 Å². The van der Waals surface area contributed by atoms with Crippen molar-refractivity contribution < 1.29 is 9.59 Å². The summed E-state index contributed by atoms with van der Waals surface area (Å²) in [7, 11) is 1.64. The summed E-state index contributed by atoms with van der Waals surface area (Å²) >= 11 is 8.05. The van der Waals surface area contributed by atoms with E-state index in [2.05, 4.69) is 31.9 Å². The van der Waals surface area contributed by atoms with Gasteiger partial charge in [-0.25, -0.2) is 0 Å². The molecule has 1 aromatic rings. The number of carbonyl (C=O) groups excluding carboxylic acids is 2. The summed E-state index contributed by atoms with van der Waals surface area (Å²) in [5.41, 5.74) is 0. The van der Waals surface area contributed by atoms with E-state index in [-0.39, 0.29) is 18.4 Å². The average Bonchev–Trinajstić information content (AvgIpc) is 2.70. The third-order valence-corrected chi connectivity index (χ3v) is 5.94. The third-order valence-electron chi connectivity index (χ3n) is 2.69. The first kappa shape index (κ1) is 16.7. The molecule has 0 atom stereocenters. The molecule has 2 amide bonds. The standard InChI is InChI=1S/C12H16Br2N2O2S/c1-4-16(5-2)10(17)7-15(3)12(18)9-6-8(13)11(14)19-9/h6H,4-5,7H2,1-3H3. The normalized spacial score (nSPS) is 10.4. The van der Waals surface area contributed by atoms with Gasteiger partial charge in [-0.2, -0.15) is 0 Å². The highest BCUT2D eigenvalue weighted by Gasteiger charge is 2.20. The van der Waals surface area contributed by atoms with E-state index in [0.29, 0.717) is 18.0 Å². The monoisotopic (exact) mass is 410 g/mol. The van der Waals surface area contributed by atoms with E-state index >= 15 is 0 Å². The van der Waals surface area contributed by atoms with Gasteiger partial charge in [0.25, 0.3) is 5.91 Å². The van der Waals surface area contributed by atoms with Crippen molar-refractivity contribution in [3.05, 3.63) is 19.2 Å². The van der Waals surface area contributed by atoms with Crippen LogP contribution in [0, 0.1) is 0 Å². The number of hydrogen-bond acceptors (Lipinski definition) is 3. The molecule has 0 unspecified atom stereocenters. The molecule has 0 radical (unpaired) electrons. The van der Waals surface area contributed by atoms with Gasteiger partial charge in [0.1, 0.15) is 0 Å². The predicted octanol–water partition coefficient (Wildman–Crippen LogP) is 3.21. The fraction of sp³-hybridized carbons (Fsp3) is 0.500. The maximum atomic E-state index is 12.2. The number of halogens is 2. The molecule has 4 nitrogen and oxygen atoms in total. The Morgan fingerprint density at radius 3 is 2.26 bits per heavy atom. The van der Waals surface area contributed by atoms with Crippen LogP contribution in [0.1, 0.15) is 23.5 Å². The van der Waals surface area contributed by atoms with E-state index in [1.54, 1.807) is 18.0 Å². The summed E-state index contributed by atoms with van der Waals surface area (Å²) in [6.45, 7) is 5.28. The molecule has 7 heteroatoms. The van der Waals surface area contributed by atoms with Crippen molar-refractivity contribution >= 4 is 55.0 Å². The quantitative estimate of drug-likeness (QED) is 0.746. The van der Waals surface area contributed by atoms with Crippen molar-refractivity contribution in [1.82, 2.24) is 9.80 Å². The Balaban J connectivity index is 2.70. The van der Waals surface area contributed by atoms with Gasteiger partial charge in [0, 0.05) is 24.6 Å². The number of nitrogens with zero attached hydrogens (tertiary/aromatic N) is 2. The second kappa shape index (κ2) is 7.40. The molecule has 1 heterocycles. The lowest BCUT2D eigenvalue weighted by atomic mass is 10.3. The minimum atomic E-state index is -0.142. The molecule has 0 saturated carbocycles. The van der Waals surface area contributed by atoms with Gasteiger partial charge in [-0.3, -0.25) is 9.59 Å². The maximum absolute atomic E-state index is 12.2. The van der Waals surface area contributed by atoms with Crippen LogP contribution >= 0.6 is 43.2 Å². The second-order valence-electron chi connectivity index (χ2n) is 3.96. The number of rotatable bonds is 5. The Labute approximate surface area is 134 Å². The van der Waals surface area contributed by atoms with Gasteiger partial charge < -0.3 is 9.80 Å². The summed E-state index contributed by atoms with van der Waals surface area (Å²) in [5, 5.41) is 0. The molecule has 0 aliphatic rings. The molecule has 0 aliphatic heterocycles. The van der Waals surface area contributed by atoms with Crippen molar-refractivity contribution in [3.63, 3.8) is 0 Å². The highest BCUT2D eigenvalue weighted by atomic mass is 79.9.